The summed E-state index contributed by atoms with van der Waals surface area (Å²) in [6.07, 6.45) is 4.54. The van der Waals surface area contributed by atoms with Crippen molar-refractivity contribution in [2.75, 3.05) is 11.4 Å². The monoisotopic (exact) mass is 363 g/mol. The molecule has 1 aliphatic rings. The largest absolute Gasteiger partial charge is 0.312 e. The van der Waals surface area contributed by atoms with E-state index in [4.69, 9.17) is 0 Å². The number of fused-ring (bicyclic) bond motifs is 1. The van der Waals surface area contributed by atoms with Gasteiger partial charge in [-0.05, 0) is 43.5 Å². The van der Waals surface area contributed by atoms with Gasteiger partial charge in [0.1, 0.15) is 12.7 Å². The number of aryl methyl sites for hydroxylation is 1. The van der Waals surface area contributed by atoms with Crippen molar-refractivity contribution in [3.05, 3.63) is 36.4 Å². The predicted octanol–water partition coefficient (Wildman–Crippen LogP) is 0.944. The van der Waals surface area contributed by atoms with Crippen LogP contribution in [0.15, 0.2) is 35.7 Å². The van der Waals surface area contributed by atoms with Crippen molar-refractivity contribution in [1.29, 1.82) is 0 Å². The van der Waals surface area contributed by atoms with E-state index in [0.717, 1.165) is 24.1 Å². The Morgan fingerprint density at radius 1 is 1.40 bits per heavy atom. The molecule has 1 aromatic carbocycles. The van der Waals surface area contributed by atoms with Gasteiger partial charge < -0.3 is 4.90 Å². The molecule has 0 aliphatic carbocycles. The van der Waals surface area contributed by atoms with Gasteiger partial charge in [0.05, 0.1) is 11.4 Å². The van der Waals surface area contributed by atoms with Gasteiger partial charge in [-0.2, -0.15) is 5.10 Å². The molecule has 0 fully saturated rings. The Morgan fingerprint density at radius 2 is 2.20 bits per heavy atom. The molecule has 2 aromatic rings. The molecule has 9 heteroatoms. The molecule has 0 bridgehead atoms. The van der Waals surface area contributed by atoms with Crippen molar-refractivity contribution < 1.29 is 13.2 Å². The van der Waals surface area contributed by atoms with E-state index in [1.807, 2.05) is 0 Å². The highest BCUT2D eigenvalue weighted by molar-refractivity contribution is 7.89. The van der Waals surface area contributed by atoms with Crippen molar-refractivity contribution in [2.45, 2.75) is 44.2 Å². The highest BCUT2D eigenvalue weighted by atomic mass is 32.2. The molecule has 8 nitrogen and oxygen atoms in total. The van der Waals surface area contributed by atoms with Gasteiger partial charge >= 0.3 is 0 Å². The highest BCUT2D eigenvalue weighted by Gasteiger charge is 2.24. The number of hydrogen-bond donors (Lipinski definition) is 1. The molecule has 0 saturated carbocycles. The van der Waals surface area contributed by atoms with Crippen molar-refractivity contribution in [3.63, 3.8) is 0 Å². The number of amides is 1. The molecule has 2 heterocycles. The Kier molecular flexibility index (Phi) is 4.87. The average Bonchev–Trinajstić information content (AvgIpc) is 3.05. The van der Waals surface area contributed by atoms with Crippen LogP contribution in [0.25, 0.3) is 0 Å². The minimum atomic E-state index is -3.65. The third kappa shape index (κ3) is 3.88. The fourth-order valence-electron chi connectivity index (χ4n) is 3.05. The number of benzene rings is 1. The summed E-state index contributed by atoms with van der Waals surface area (Å²) in [5.41, 5.74) is 1.68. The second-order valence-corrected chi connectivity index (χ2v) is 7.92. The number of aromatic nitrogens is 3. The number of nitrogens with one attached hydrogen (secondary N) is 1. The maximum atomic E-state index is 12.6. The fourth-order valence-corrected chi connectivity index (χ4v) is 4.33. The van der Waals surface area contributed by atoms with E-state index in [0.29, 0.717) is 13.1 Å². The van der Waals surface area contributed by atoms with Gasteiger partial charge in [0.15, 0.2) is 0 Å². The maximum absolute atomic E-state index is 12.6. The second-order valence-electron chi connectivity index (χ2n) is 6.20. The first-order valence-electron chi connectivity index (χ1n) is 8.12. The third-order valence-electron chi connectivity index (χ3n) is 4.14. The van der Waals surface area contributed by atoms with Gasteiger partial charge in [0.25, 0.3) is 0 Å². The minimum absolute atomic E-state index is 0.0314. The molecule has 3 rings (SSSR count). The number of carbonyl (C=O) groups is 1. The maximum Gasteiger partial charge on any atom is 0.240 e. The summed E-state index contributed by atoms with van der Waals surface area (Å²) in [4.78, 5) is 17.5. The van der Waals surface area contributed by atoms with Crippen LogP contribution in [0, 0.1) is 0 Å². The SMILES string of the molecule is CC(=O)N1CCCc2cc(S(=O)(=O)NC(C)Cn3cncn3)ccc21. The lowest BCUT2D eigenvalue weighted by molar-refractivity contribution is -0.116. The third-order valence-corrected chi connectivity index (χ3v) is 5.73. The molecule has 1 aliphatic heterocycles. The zero-order valence-electron chi connectivity index (χ0n) is 14.2. The molecule has 1 aromatic heterocycles. The van der Waals surface area contributed by atoms with Crippen molar-refractivity contribution >= 4 is 21.6 Å². The number of rotatable bonds is 5. The Bertz CT molecular complexity index is 864. The van der Waals surface area contributed by atoms with Crippen LogP contribution in [0.2, 0.25) is 0 Å². The van der Waals surface area contributed by atoms with Crippen LogP contribution in [0.5, 0.6) is 0 Å². The van der Waals surface area contributed by atoms with Crippen LogP contribution >= 0.6 is 0 Å². The summed E-state index contributed by atoms with van der Waals surface area (Å²) in [6.45, 7) is 4.35. The van der Waals surface area contributed by atoms with Gasteiger partial charge in [-0.15, -0.1) is 0 Å². The van der Waals surface area contributed by atoms with Crippen LogP contribution in [0.3, 0.4) is 0 Å². The average molecular weight is 363 g/mol. The molecule has 134 valence electrons. The molecule has 0 radical (unpaired) electrons. The zero-order chi connectivity index (χ0) is 18.0. The first-order chi connectivity index (χ1) is 11.9. The van der Waals surface area contributed by atoms with E-state index in [1.54, 1.807) is 41.0 Å². The summed E-state index contributed by atoms with van der Waals surface area (Å²) < 4.78 is 29.5. The second kappa shape index (κ2) is 6.93. The van der Waals surface area contributed by atoms with E-state index in [1.165, 1.54) is 13.3 Å². The van der Waals surface area contributed by atoms with Gasteiger partial charge in [-0.3, -0.25) is 9.48 Å². The number of hydrogen-bond acceptors (Lipinski definition) is 5. The number of anilines is 1. The topological polar surface area (TPSA) is 97.2 Å². The molecule has 1 unspecified atom stereocenters. The first kappa shape index (κ1) is 17.6. The van der Waals surface area contributed by atoms with Crippen molar-refractivity contribution in [1.82, 2.24) is 19.5 Å². The quantitative estimate of drug-likeness (QED) is 0.853. The predicted molar refractivity (Wildman–Crippen MR) is 92.6 cm³/mol. The Balaban J connectivity index is 1.79. The van der Waals surface area contributed by atoms with Crippen LogP contribution < -0.4 is 9.62 Å². The first-order valence-corrected chi connectivity index (χ1v) is 9.61. The van der Waals surface area contributed by atoms with Gasteiger partial charge in [0, 0.05) is 25.2 Å². The van der Waals surface area contributed by atoms with Crippen LogP contribution in [0.1, 0.15) is 25.8 Å². The fraction of sp³-hybridized carbons (Fsp3) is 0.438. The van der Waals surface area contributed by atoms with Gasteiger partial charge in [-0.25, -0.2) is 18.1 Å². The molecule has 1 N–H and O–H groups in total. The van der Waals surface area contributed by atoms with E-state index in [2.05, 4.69) is 14.8 Å². The molecular formula is C16H21N5O3S. The van der Waals surface area contributed by atoms with Crippen LogP contribution in [-0.2, 0) is 27.8 Å². The van der Waals surface area contributed by atoms with Crippen molar-refractivity contribution in [3.8, 4) is 0 Å². The summed E-state index contributed by atoms with van der Waals surface area (Å²) in [7, 11) is -3.65. The van der Waals surface area contributed by atoms with E-state index in [-0.39, 0.29) is 16.8 Å². The molecular weight excluding hydrogens is 342 g/mol. The van der Waals surface area contributed by atoms with E-state index >= 15 is 0 Å². The zero-order valence-corrected chi connectivity index (χ0v) is 15.0. The molecule has 0 saturated heterocycles. The molecule has 25 heavy (non-hydrogen) atoms. The van der Waals surface area contributed by atoms with E-state index < -0.39 is 10.0 Å². The van der Waals surface area contributed by atoms with Gasteiger partial charge in [-0.1, -0.05) is 0 Å². The Hall–Kier alpha value is -2.26. The summed E-state index contributed by atoms with van der Waals surface area (Å²) >= 11 is 0. The van der Waals surface area contributed by atoms with Crippen LogP contribution in [0.4, 0.5) is 5.69 Å². The summed E-state index contributed by atoms with van der Waals surface area (Å²) in [5, 5.41) is 3.97. The Labute approximate surface area is 146 Å². The number of carbonyl (C=O) groups excluding carboxylic acids is 1. The van der Waals surface area contributed by atoms with Gasteiger partial charge in [0.2, 0.25) is 15.9 Å². The van der Waals surface area contributed by atoms with E-state index in [9.17, 15) is 13.2 Å². The molecule has 1 amide bonds. The summed E-state index contributed by atoms with van der Waals surface area (Å²) in [6, 6.07) is 4.59. The lowest BCUT2D eigenvalue weighted by atomic mass is 10.0. The standard InChI is InChI=1S/C16H21N5O3S/c1-12(9-20-11-17-10-18-20)19-25(23,24)15-5-6-16-14(8-15)4-3-7-21(16)13(2)22/h5-6,8,10-12,19H,3-4,7,9H2,1-2H3. The van der Waals surface area contributed by atoms with Crippen molar-refractivity contribution in [2.24, 2.45) is 0 Å². The smallest absolute Gasteiger partial charge is 0.240 e. The molecule has 1 atom stereocenters. The number of sulfonamides is 1. The summed E-state index contributed by atoms with van der Waals surface area (Å²) in [5.74, 6) is -0.0314. The van der Waals surface area contributed by atoms with Crippen LogP contribution in [-0.4, -0.2) is 41.7 Å². The normalized spacial score (nSPS) is 15.7. The minimum Gasteiger partial charge on any atom is -0.312 e. The molecule has 0 spiro atoms. The Morgan fingerprint density at radius 3 is 2.88 bits per heavy atom. The lowest BCUT2D eigenvalue weighted by Gasteiger charge is -2.29. The highest BCUT2D eigenvalue weighted by Crippen LogP contribution is 2.29. The lowest BCUT2D eigenvalue weighted by Crippen LogP contribution is -2.36. The number of nitrogens with zero attached hydrogens (tertiary/aromatic N) is 4.